The maximum atomic E-state index is 12.1. The summed E-state index contributed by atoms with van der Waals surface area (Å²) in [5.41, 5.74) is 1.08. The van der Waals surface area contributed by atoms with Crippen molar-refractivity contribution < 1.29 is 14.3 Å². The zero-order valence-corrected chi connectivity index (χ0v) is 13.1. The molecule has 2 N–H and O–H groups in total. The lowest BCUT2D eigenvalue weighted by atomic mass is 9.96. The molecule has 0 spiro atoms. The summed E-state index contributed by atoms with van der Waals surface area (Å²) in [7, 11) is 1.65. The summed E-state index contributed by atoms with van der Waals surface area (Å²) in [5, 5.41) is 6.11. The van der Waals surface area contributed by atoms with E-state index in [1.165, 1.54) is 19.3 Å². The zero-order chi connectivity index (χ0) is 15.4. The third-order valence-corrected chi connectivity index (χ3v) is 4.45. The van der Waals surface area contributed by atoms with Gasteiger partial charge in [-0.3, -0.25) is 0 Å². The SMILES string of the molecule is COc1ccc2c(c1)C[C@@H](NC(=O)NC1CCCCC1)CO2. The monoisotopic (exact) mass is 304 g/mol. The summed E-state index contributed by atoms with van der Waals surface area (Å²) in [6.45, 7) is 0.511. The first-order valence-corrected chi connectivity index (χ1v) is 8.11. The van der Waals surface area contributed by atoms with Crippen molar-refractivity contribution in [2.75, 3.05) is 13.7 Å². The number of hydrogen-bond acceptors (Lipinski definition) is 3. The lowest BCUT2D eigenvalue weighted by Crippen LogP contribution is -2.50. The Bertz CT molecular complexity index is 527. The average molecular weight is 304 g/mol. The van der Waals surface area contributed by atoms with Crippen LogP contribution in [0.25, 0.3) is 0 Å². The molecule has 0 radical (unpaired) electrons. The van der Waals surface area contributed by atoms with Crippen molar-refractivity contribution in [1.29, 1.82) is 0 Å². The van der Waals surface area contributed by atoms with Crippen LogP contribution >= 0.6 is 0 Å². The first kappa shape index (κ1) is 15.0. The molecule has 3 rings (SSSR count). The Morgan fingerprint density at radius 2 is 1.95 bits per heavy atom. The Hall–Kier alpha value is -1.91. The van der Waals surface area contributed by atoms with Crippen LogP contribution in [-0.4, -0.2) is 31.8 Å². The molecule has 2 amide bonds. The highest BCUT2D eigenvalue weighted by Crippen LogP contribution is 2.28. The number of amides is 2. The Kier molecular flexibility index (Phi) is 4.71. The topological polar surface area (TPSA) is 59.6 Å². The highest BCUT2D eigenvalue weighted by atomic mass is 16.5. The summed E-state index contributed by atoms with van der Waals surface area (Å²) in [5.74, 6) is 1.70. The molecule has 1 aromatic rings. The molecule has 1 aliphatic carbocycles. The van der Waals surface area contributed by atoms with Crippen LogP contribution in [0.4, 0.5) is 4.79 Å². The van der Waals surface area contributed by atoms with Crippen LogP contribution in [0.15, 0.2) is 18.2 Å². The van der Waals surface area contributed by atoms with Gasteiger partial charge in [-0.2, -0.15) is 0 Å². The number of fused-ring (bicyclic) bond motifs is 1. The smallest absolute Gasteiger partial charge is 0.315 e. The van der Waals surface area contributed by atoms with Gasteiger partial charge in [0.05, 0.1) is 13.2 Å². The van der Waals surface area contributed by atoms with E-state index in [9.17, 15) is 4.79 Å². The minimum absolute atomic E-state index is 0.00296. The van der Waals surface area contributed by atoms with Gasteiger partial charge in [0, 0.05) is 6.04 Å². The van der Waals surface area contributed by atoms with E-state index >= 15 is 0 Å². The lowest BCUT2D eigenvalue weighted by Gasteiger charge is -2.28. The second-order valence-electron chi connectivity index (χ2n) is 6.14. The van der Waals surface area contributed by atoms with Crippen LogP contribution in [0.3, 0.4) is 0 Å². The van der Waals surface area contributed by atoms with Crippen LogP contribution in [-0.2, 0) is 6.42 Å². The van der Waals surface area contributed by atoms with E-state index in [4.69, 9.17) is 9.47 Å². The van der Waals surface area contributed by atoms with Crippen molar-refractivity contribution in [3.63, 3.8) is 0 Å². The van der Waals surface area contributed by atoms with E-state index in [0.29, 0.717) is 12.6 Å². The maximum Gasteiger partial charge on any atom is 0.315 e. The van der Waals surface area contributed by atoms with E-state index < -0.39 is 0 Å². The predicted molar refractivity (Wildman–Crippen MR) is 84.5 cm³/mol. The van der Waals surface area contributed by atoms with Crippen molar-refractivity contribution >= 4 is 6.03 Å². The van der Waals surface area contributed by atoms with Gasteiger partial charge in [-0.1, -0.05) is 19.3 Å². The minimum Gasteiger partial charge on any atom is -0.497 e. The summed E-state index contributed by atoms with van der Waals surface area (Å²) in [4.78, 5) is 12.1. The van der Waals surface area contributed by atoms with Crippen molar-refractivity contribution in [3.05, 3.63) is 23.8 Å². The maximum absolute atomic E-state index is 12.1. The molecule has 5 nitrogen and oxygen atoms in total. The molecule has 1 heterocycles. The molecule has 0 unspecified atom stereocenters. The zero-order valence-electron chi connectivity index (χ0n) is 13.1. The summed E-state index contributed by atoms with van der Waals surface area (Å²) in [6, 6.07) is 6.04. The minimum atomic E-state index is -0.0770. The molecule has 1 saturated carbocycles. The van der Waals surface area contributed by atoms with E-state index in [1.807, 2.05) is 18.2 Å². The Balaban J connectivity index is 1.54. The number of ether oxygens (including phenoxy) is 2. The second kappa shape index (κ2) is 6.90. The number of carbonyl (C=O) groups excluding carboxylic acids is 1. The lowest BCUT2D eigenvalue weighted by molar-refractivity contribution is 0.209. The number of urea groups is 1. The van der Waals surface area contributed by atoms with E-state index in [-0.39, 0.29) is 12.1 Å². The number of benzene rings is 1. The van der Waals surface area contributed by atoms with Crippen LogP contribution in [0.1, 0.15) is 37.7 Å². The van der Waals surface area contributed by atoms with Crippen LogP contribution < -0.4 is 20.1 Å². The fourth-order valence-electron chi connectivity index (χ4n) is 3.25. The van der Waals surface area contributed by atoms with Gasteiger partial charge in [0.15, 0.2) is 0 Å². The van der Waals surface area contributed by atoms with Gasteiger partial charge in [-0.15, -0.1) is 0 Å². The quantitative estimate of drug-likeness (QED) is 0.902. The fraction of sp³-hybridized carbons (Fsp3) is 0.588. The number of rotatable bonds is 3. The molecule has 1 fully saturated rings. The number of hydrogen-bond donors (Lipinski definition) is 2. The number of carbonyl (C=O) groups is 1. The average Bonchev–Trinajstić information content (AvgIpc) is 2.55. The van der Waals surface area contributed by atoms with Gasteiger partial charge < -0.3 is 20.1 Å². The predicted octanol–water partition coefficient (Wildman–Crippen LogP) is 2.63. The van der Waals surface area contributed by atoms with E-state index in [2.05, 4.69) is 10.6 Å². The molecule has 22 heavy (non-hydrogen) atoms. The summed E-state index contributed by atoms with van der Waals surface area (Å²) in [6.07, 6.45) is 6.66. The van der Waals surface area contributed by atoms with Gasteiger partial charge in [0.2, 0.25) is 0 Å². The van der Waals surface area contributed by atoms with Crippen molar-refractivity contribution in [2.24, 2.45) is 0 Å². The van der Waals surface area contributed by atoms with Crippen LogP contribution in [0.5, 0.6) is 11.5 Å². The molecule has 1 aliphatic heterocycles. The molecule has 5 heteroatoms. The highest BCUT2D eigenvalue weighted by Gasteiger charge is 2.23. The normalized spacial score (nSPS) is 21.4. The molecule has 0 aromatic heterocycles. The highest BCUT2D eigenvalue weighted by molar-refractivity contribution is 5.74. The van der Waals surface area contributed by atoms with Crippen LogP contribution in [0, 0.1) is 0 Å². The second-order valence-corrected chi connectivity index (χ2v) is 6.14. The summed E-state index contributed by atoms with van der Waals surface area (Å²) < 4.78 is 11.0. The molecule has 0 bridgehead atoms. The van der Waals surface area contributed by atoms with Crippen molar-refractivity contribution in [3.8, 4) is 11.5 Å². The van der Waals surface area contributed by atoms with Gasteiger partial charge >= 0.3 is 6.03 Å². The first-order valence-electron chi connectivity index (χ1n) is 8.11. The Morgan fingerprint density at radius 1 is 1.18 bits per heavy atom. The molecular weight excluding hydrogens is 280 g/mol. The largest absolute Gasteiger partial charge is 0.497 e. The van der Waals surface area contributed by atoms with Gasteiger partial charge in [0.25, 0.3) is 0 Å². The molecule has 2 aliphatic rings. The van der Waals surface area contributed by atoms with E-state index in [1.54, 1.807) is 7.11 Å². The number of methoxy groups -OCH3 is 1. The molecular formula is C17H24N2O3. The number of nitrogens with one attached hydrogen (secondary N) is 2. The van der Waals surface area contributed by atoms with Gasteiger partial charge in [0.1, 0.15) is 18.1 Å². The Morgan fingerprint density at radius 3 is 2.73 bits per heavy atom. The Labute approximate surface area is 131 Å². The molecule has 0 saturated heterocycles. The molecule has 120 valence electrons. The standard InChI is InChI=1S/C17H24N2O3/c1-21-15-7-8-16-12(10-15)9-14(11-22-16)19-17(20)18-13-5-3-2-4-6-13/h7-8,10,13-14H,2-6,9,11H2,1H3,(H2,18,19,20)/t14-/m1/s1. The third kappa shape index (κ3) is 3.64. The molecule has 1 atom stereocenters. The molecule has 1 aromatic carbocycles. The van der Waals surface area contributed by atoms with E-state index in [0.717, 1.165) is 36.3 Å². The third-order valence-electron chi connectivity index (χ3n) is 4.45. The summed E-state index contributed by atoms with van der Waals surface area (Å²) >= 11 is 0. The van der Waals surface area contributed by atoms with Gasteiger partial charge in [-0.25, -0.2) is 4.79 Å². The van der Waals surface area contributed by atoms with Crippen molar-refractivity contribution in [2.45, 2.75) is 50.6 Å². The fourth-order valence-corrected chi connectivity index (χ4v) is 3.25. The van der Waals surface area contributed by atoms with Crippen molar-refractivity contribution in [1.82, 2.24) is 10.6 Å². The van der Waals surface area contributed by atoms with Crippen LogP contribution in [0.2, 0.25) is 0 Å². The van der Waals surface area contributed by atoms with Gasteiger partial charge in [-0.05, 0) is 43.0 Å². The first-order chi connectivity index (χ1) is 10.7.